The van der Waals surface area contributed by atoms with E-state index in [0.717, 1.165) is 11.1 Å². The topological polar surface area (TPSA) is 66.8 Å². The van der Waals surface area contributed by atoms with Gasteiger partial charge < -0.3 is 14.9 Å². The first-order valence-electron chi connectivity index (χ1n) is 6.81. The minimum Gasteiger partial charge on any atom is -0.481 e. The molecule has 1 aromatic carbocycles. The summed E-state index contributed by atoms with van der Waals surface area (Å²) in [6, 6.07) is 7.71. The van der Waals surface area contributed by atoms with Crippen LogP contribution in [0.5, 0.6) is 0 Å². The molecule has 0 bridgehead atoms. The molecule has 0 aromatic heterocycles. The van der Waals surface area contributed by atoms with Crippen LogP contribution in [-0.2, 0) is 9.53 Å². The lowest BCUT2D eigenvalue weighted by molar-refractivity contribution is -0.171. The van der Waals surface area contributed by atoms with Crippen LogP contribution < -0.4 is 0 Å². The van der Waals surface area contributed by atoms with Crippen LogP contribution in [0.1, 0.15) is 50.7 Å². The zero-order valence-electron chi connectivity index (χ0n) is 12.6. The minimum absolute atomic E-state index is 0.0202. The number of aryl methyl sites for hydroxylation is 1. The van der Waals surface area contributed by atoms with Gasteiger partial charge in [-0.05, 0) is 39.2 Å². The Balaban J connectivity index is 2.79. The molecular formula is C16H24O4. The minimum atomic E-state index is -0.972. The van der Waals surface area contributed by atoms with Crippen molar-refractivity contribution in [2.45, 2.75) is 58.3 Å². The van der Waals surface area contributed by atoms with Gasteiger partial charge in [-0.25, -0.2) is 0 Å². The number of carboxylic acid groups (broad SMARTS) is 1. The molecule has 0 radical (unpaired) electrons. The summed E-state index contributed by atoms with van der Waals surface area (Å²) in [6.07, 6.45) is -0.721. The number of aliphatic hydroxyl groups excluding tert-OH is 1. The van der Waals surface area contributed by atoms with E-state index in [1.54, 1.807) is 0 Å². The lowest BCUT2D eigenvalue weighted by Gasteiger charge is -2.26. The highest BCUT2D eigenvalue weighted by atomic mass is 16.6. The fourth-order valence-corrected chi connectivity index (χ4v) is 2.09. The second kappa shape index (κ2) is 6.86. The van der Waals surface area contributed by atoms with E-state index in [9.17, 15) is 9.90 Å². The molecule has 4 nitrogen and oxygen atoms in total. The Morgan fingerprint density at radius 1 is 1.25 bits per heavy atom. The molecule has 0 aliphatic heterocycles. The van der Waals surface area contributed by atoms with Gasteiger partial charge in [0.25, 0.3) is 0 Å². The average molecular weight is 280 g/mol. The molecule has 20 heavy (non-hydrogen) atoms. The number of aliphatic carboxylic acids is 1. The van der Waals surface area contributed by atoms with Gasteiger partial charge in [0.1, 0.15) is 0 Å². The Morgan fingerprint density at radius 2 is 1.80 bits per heavy atom. The van der Waals surface area contributed by atoms with Gasteiger partial charge in [-0.1, -0.05) is 29.8 Å². The highest BCUT2D eigenvalue weighted by molar-refractivity contribution is 5.68. The SMILES string of the molecule is Cc1ccc(C(CC(=O)O)CC(O)OC(C)(C)C)cc1. The molecule has 0 saturated heterocycles. The molecule has 0 heterocycles. The molecule has 1 rings (SSSR count). The van der Waals surface area contributed by atoms with Crippen molar-refractivity contribution in [2.75, 3.05) is 0 Å². The van der Waals surface area contributed by atoms with Gasteiger partial charge in [0, 0.05) is 6.42 Å². The van der Waals surface area contributed by atoms with Crippen LogP contribution in [0.15, 0.2) is 24.3 Å². The van der Waals surface area contributed by atoms with E-state index >= 15 is 0 Å². The maximum Gasteiger partial charge on any atom is 0.303 e. The highest BCUT2D eigenvalue weighted by Gasteiger charge is 2.23. The maximum absolute atomic E-state index is 11.0. The first-order valence-corrected chi connectivity index (χ1v) is 6.81. The van der Waals surface area contributed by atoms with E-state index in [2.05, 4.69) is 0 Å². The van der Waals surface area contributed by atoms with Gasteiger partial charge in [-0.3, -0.25) is 4.79 Å². The molecule has 0 aliphatic carbocycles. The summed E-state index contributed by atoms with van der Waals surface area (Å²) in [5.74, 6) is -1.14. The molecular weight excluding hydrogens is 256 g/mol. The normalized spacial score (nSPS) is 14.8. The van der Waals surface area contributed by atoms with Crippen molar-refractivity contribution < 1.29 is 19.7 Å². The quantitative estimate of drug-likeness (QED) is 0.786. The standard InChI is InChI=1S/C16H24O4/c1-11-5-7-12(8-6-11)13(9-14(17)18)10-15(19)20-16(2,3)4/h5-8,13,15,19H,9-10H2,1-4H3,(H,17,18). The molecule has 4 heteroatoms. The van der Waals surface area contributed by atoms with Crippen molar-refractivity contribution in [3.05, 3.63) is 35.4 Å². The predicted molar refractivity (Wildman–Crippen MR) is 77.6 cm³/mol. The van der Waals surface area contributed by atoms with Gasteiger partial charge in [0.2, 0.25) is 0 Å². The van der Waals surface area contributed by atoms with Crippen LogP contribution in [0.3, 0.4) is 0 Å². The third-order valence-electron chi connectivity index (χ3n) is 2.95. The number of carboxylic acids is 1. The first kappa shape index (κ1) is 16.7. The summed E-state index contributed by atoms with van der Waals surface area (Å²) in [5, 5.41) is 19.0. The molecule has 0 spiro atoms. The molecule has 0 saturated carbocycles. The maximum atomic E-state index is 11.0. The lowest BCUT2D eigenvalue weighted by Crippen LogP contribution is -2.28. The third kappa shape index (κ3) is 6.17. The number of hydrogen-bond donors (Lipinski definition) is 2. The zero-order valence-corrected chi connectivity index (χ0v) is 12.6. The van der Waals surface area contributed by atoms with Crippen LogP contribution in [0.4, 0.5) is 0 Å². The molecule has 0 fully saturated rings. The zero-order chi connectivity index (χ0) is 15.3. The van der Waals surface area contributed by atoms with E-state index in [1.165, 1.54) is 0 Å². The fourth-order valence-electron chi connectivity index (χ4n) is 2.09. The Hall–Kier alpha value is -1.39. The average Bonchev–Trinajstić information content (AvgIpc) is 2.25. The van der Waals surface area contributed by atoms with Gasteiger partial charge in [0.15, 0.2) is 6.29 Å². The van der Waals surface area contributed by atoms with Crippen molar-refractivity contribution in [1.82, 2.24) is 0 Å². The van der Waals surface area contributed by atoms with E-state index in [4.69, 9.17) is 9.84 Å². The highest BCUT2D eigenvalue weighted by Crippen LogP contribution is 2.27. The predicted octanol–water partition coefficient (Wildman–Crippen LogP) is 3.08. The van der Waals surface area contributed by atoms with E-state index in [1.807, 2.05) is 52.0 Å². The number of aliphatic hydroxyl groups is 1. The van der Waals surface area contributed by atoms with Gasteiger partial charge in [-0.15, -0.1) is 0 Å². The Bertz CT molecular complexity index is 431. The summed E-state index contributed by atoms with van der Waals surface area (Å²) in [5.41, 5.74) is 1.57. The molecule has 2 N–H and O–H groups in total. The van der Waals surface area contributed by atoms with Crippen LogP contribution in [-0.4, -0.2) is 28.1 Å². The second-order valence-corrected chi connectivity index (χ2v) is 6.13. The molecule has 0 amide bonds. The van der Waals surface area contributed by atoms with Gasteiger partial charge >= 0.3 is 5.97 Å². The van der Waals surface area contributed by atoms with E-state index in [-0.39, 0.29) is 18.8 Å². The van der Waals surface area contributed by atoms with Crippen LogP contribution in [0, 0.1) is 6.92 Å². The molecule has 0 aliphatic rings. The third-order valence-corrected chi connectivity index (χ3v) is 2.95. The summed E-state index contributed by atoms with van der Waals surface area (Å²) < 4.78 is 5.46. The van der Waals surface area contributed by atoms with Crippen LogP contribution in [0.25, 0.3) is 0 Å². The summed E-state index contributed by atoms with van der Waals surface area (Å²) in [4.78, 5) is 11.0. The van der Waals surface area contributed by atoms with E-state index in [0.29, 0.717) is 0 Å². The summed E-state index contributed by atoms with van der Waals surface area (Å²) in [7, 11) is 0. The molecule has 1 aromatic rings. The van der Waals surface area contributed by atoms with E-state index < -0.39 is 17.9 Å². The van der Waals surface area contributed by atoms with Crippen LogP contribution >= 0.6 is 0 Å². The van der Waals surface area contributed by atoms with Crippen molar-refractivity contribution in [2.24, 2.45) is 0 Å². The van der Waals surface area contributed by atoms with Crippen molar-refractivity contribution in [1.29, 1.82) is 0 Å². The molecule has 2 unspecified atom stereocenters. The summed E-state index contributed by atoms with van der Waals surface area (Å²) in [6.45, 7) is 7.55. The number of rotatable bonds is 6. The number of hydrogen-bond acceptors (Lipinski definition) is 3. The van der Waals surface area contributed by atoms with Crippen molar-refractivity contribution >= 4 is 5.97 Å². The lowest BCUT2D eigenvalue weighted by atomic mass is 9.91. The van der Waals surface area contributed by atoms with Crippen molar-refractivity contribution in [3.63, 3.8) is 0 Å². The number of carbonyl (C=O) groups is 1. The van der Waals surface area contributed by atoms with Crippen LogP contribution in [0.2, 0.25) is 0 Å². The second-order valence-electron chi connectivity index (χ2n) is 6.13. The largest absolute Gasteiger partial charge is 0.481 e. The Kier molecular flexibility index (Phi) is 5.72. The van der Waals surface area contributed by atoms with Crippen molar-refractivity contribution in [3.8, 4) is 0 Å². The Labute approximate surface area is 120 Å². The fraction of sp³-hybridized carbons (Fsp3) is 0.562. The molecule has 112 valence electrons. The summed E-state index contributed by atoms with van der Waals surface area (Å²) >= 11 is 0. The monoisotopic (exact) mass is 280 g/mol. The number of ether oxygens (including phenoxy) is 1. The van der Waals surface area contributed by atoms with Gasteiger partial charge in [0.05, 0.1) is 12.0 Å². The molecule has 2 atom stereocenters. The van der Waals surface area contributed by atoms with Gasteiger partial charge in [-0.2, -0.15) is 0 Å². The smallest absolute Gasteiger partial charge is 0.303 e. The first-order chi connectivity index (χ1) is 9.17. The Morgan fingerprint density at radius 3 is 2.25 bits per heavy atom. The number of benzene rings is 1.